The molecule has 0 aliphatic carbocycles. The van der Waals surface area contributed by atoms with Crippen LogP contribution in [0.2, 0.25) is 0 Å². The zero-order chi connectivity index (χ0) is 16.7. The largest absolute Gasteiger partial charge is 0.270 e. The van der Waals surface area contributed by atoms with Gasteiger partial charge in [-0.2, -0.15) is 0 Å². The molecule has 1 aliphatic heterocycles. The Labute approximate surface area is 139 Å². The molecule has 0 N–H and O–H groups in total. The standard InChI is InChI=1S/C19H15N3O2/c1-2-14-17-16(13-5-3-4-6-15(13)21-14)18(23)22(19(17)24)11-12-7-9-20-10-8-12/h3-10H,2,11H2,1H3. The number of hydrogen-bond donors (Lipinski definition) is 0. The van der Waals surface area contributed by atoms with Crippen LogP contribution in [0.4, 0.5) is 0 Å². The highest BCUT2D eigenvalue weighted by atomic mass is 16.2. The summed E-state index contributed by atoms with van der Waals surface area (Å²) < 4.78 is 0. The van der Waals surface area contributed by atoms with Crippen LogP contribution < -0.4 is 0 Å². The molecule has 2 amide bonds. The summed E-state index contributed by atoms with van der Waals surface area (Å²) >= 11 is 0. The van der Waals surface area contributed by atoms with Crippen molar-refractivity contribution in [3.63, 3.8) is 0 Å². The van der Waals surface area contributed by atoms with E-state index < -0.39 is 0 Å². The minimum atomic E-state index is -0.262. The average molecular weight is 317 g/mol. The second-order valence-corrected chi connectivity index (χ2v) is 5.73. The smallest absolute Gasteiger partial charge is 0.263 e. The molecule has 0 spiro atoms. The Kier molecular flexibility index (Phi) is 3.34. The summed E-state index contributed by atoms with van der Waals surface area (Å²) in [7, 11) is 0. The Morgan fingerprint density at radius 2 is 1.67 bits per heavy atom. The van der Waals surface area contributed by atoms with Crippen molar-refractivity contribution < 1.29 is 9.59 Å². The Balaban J connectivity index is 1.87. The second-order valence-electron chi connectivity index (χ2n) is 5.73. The third kappa shape index (κ3) is 2.09. The first-order chi connectivity index (χ1) is 11.7. The van der Waals surface area contributed by atoms with Crippen LogP contribution in [0.15, 0.2) is 48.8 Å². The van der Waals surface area contributed by atoms with Crippen LogP contribution in [-0.4, -0.2) is 26.7 Å². The summed E-state index contributed by atoms with van der Waals surface area (Å²) in [6.45, 7) is 2.19. The van der Waals surface area contributed by atoms with Gasteiger partial charge in [0.1, 0.15) is 0 Å². The Hall–Kier alpha value is -3.08. The zero-order valence-corrected chi connectivity index (χ0v) is 13.2. The van der Waals surface area contributed by atoms with Gasteiger partial charge in [-0.15, -0.1) is 0 Å². The lowest BCUT2D eigenvalue weighted by atomic mass is 10.0. The molecule has 5 nitrogen and oxygen atoms in total. The van der Waals surface area contributed by atoms with Gasteiger partial charge in [-0.05, 0) is 30.2 Å². The third-order valence-electron chi connectivity index (χ3n) is 4.31. The van der Waals surface area contributed by atoms with Crippen LogP contribution in [0.5, 0.6) is 0 Å². The van der Waals surface area contributed by atoms with Crippen molar-refractivity contribution in [2.45, 2.75) is 19.9 Å². The van der Waals surface area contributed by atoms with Crippen molar-refractivity contribution in [1.29, 1.82) is 0 Å². The van der Waals surface area contributed by atoms with Gasteiger partial charge in [0, 0.05) is 17.8 Å². The molecule has 0 saturated carbocycles. The number of imide groups is 1. The molecule has 3 aromatic rings. The maximum atomic E-state index is 13.0. The van der Waals surface area contributed by atoms with Gasteiger partial charge < -0.3 is 0 Å². The summed E-state index contributed by atoms with van der Waals surface area (Å²) in [4.78, 5) is 35.7. The number of fused-ring (bicyclic) bond motifs is 3. The lowest BCUT2D eigenvalue weighted by Gasteiger charge is -2.13. The molecule has 0 unspecified atom stereocenters. The van der Waals surface area contributed by atoms with E-state index in [4.69, 9.17) is 0 Å². The van der Waals surface area contributed by atoms with Crippen molar-refractivity contribution >= 4 is 22.7 Å². The van der Waals surface area contributed by atoms with Gasteiger partial charge in [0.15, 0.2) is 0 Å². The number of benzene rings is 1. The Bertz CT molecular complexity index is 967. The van der Waals surface area contributed by atoms with Crippen LogP contribution in [-0.2, 0) is 13.0 Å². The number of nitrogens with zero attached hydrogens (tertiary/aromatic N) is 3. The quantitative estimate of drug-likeness (QED) is 0.697. The first-order valence-corrected chi connectivity index (χ1v) is 7.87. The Morgan fingerprint density at radius 3 is 2.42 bits per heavy atom. The summed E-state index contributed by atoms with van der Waals surface area (Å²) in [6.07, 6.45) is 3.92. The number of para-hydroxylation sites is 1. The van der Waals surface area contributed by atoms with Gasteiger partial charge in [0.05, 0.1) is 28.9 Å². The van der Waals surface area contributed by atoms with Crippen molar-refractivity contribution in [1.82, 2.24) is 14.9 Å². The summed E-state index contributed by atoms with van der Waals surface area (Å²) in [5.41, 5.74) is 3.24. The molecule has 0 fully saturated rings. The average Bonchev–Trinajstić information content (AvgIpc) is 2.87. The van der Waals surface area contributed by atoms with Crippen LogP contribution in [0.25, 0.3) is 10.9 Å². The number of rotatable bonds is 3. The van der Waals surface area contributed by atoms with E-state index in [1.807, 2.05) is 31.2 Å². The topological polar surface area (TPSA) is 63.2 Å². The molecule has 24 heavy (non-hydrogen) atoms. The Morgan fingerprint density at radius 1 is 0.958 bits per heavy atom. The summed E-state index contributed by atoms with van der Waals surface area (Å²) in [5, 5.41) is 0.736. The highest BCUT2D eigenvalue weighted by Crippen LogP contribution is 2.32. The maximum Gasteiger partial charge on any atom is 0.263 e. The lowest BCUT2D eigenvalue weighted by molar-refractivity contribution is 0.0642. The fraction of sp³-hybridized carbons (Fsp3) is 0.158. The minimum absolute atomic E-state index is 0.242. The number of amides is 2. The van der Waals surface area contributed by atoms with E-state index in [2.05, 4.69) is 9.97 Å². The second kappa shape index (κ2) is 5.53. The third-order valence-corrected chi connectivity index (χ3v) is 4.31. The molecule has 1 aromatic carbocycles. The number of pyridine rings is 2. The number of aryl methyl sites for hydroxylation is 1. The van der Waals surface area contributed by atoms with Crippen molar-refractivity contribution in [3.8, 4) is 0 Å². The van der Waals surface area contributed by atoms with E-state index in [9.17, 15) is 9.59 Å². The predicted octanol–water partition coefficient (Wildman–Crippen LogP) is 2.99. The first kappa shape index (κ1) is 14.5. The van der Waals surface area contributed by atoms with Gasteiger partial charge in [0.25, 0.3) is 11.8 Å². The first-order valence-electron chi connectivity index (χ1n) is 7.87. The van der Waals surface area contributed by atoms with E-state index in [-0.39, 0.29) is 18.4 Å². The van der Waals surface area contributed by atoms with Crippen LogP contribution in [0.3, 0.4) is 0 Å². The fourth-order valence-corrected chi connectivity index (χ4v) is 3.15. The van der Waals surface area contributed by atoms with Crippen LogP contribution in [0.1, 0.15) is 38.9 Å². The number of carbonyl (C=O) groups excluding carboxylic acids is 2. The molecule has 2 aromatic heterocycles. The minimum Gasteiger partial charge on any atom is -0.270 e. The molecule has 0 atom stereocenters. The molecule has 0 radical (unpaired) electrons. The molecule has 0 saturated heterocycles. The number of aromatic nitrogens is 2. The molecule has 0 bridgehead atoms. The number of hydrogen-bond acceptors (Lipinski definition) is 4. The lowest BCUT2D eigenvalue weighted by Crippen LogP contribution is -2.29. The van der Waals surface area contributed by atoms with Crippen LogP contribution >= 0.6 is 0 Å². The molecular formula is C19H15N3O2. The summed E-state index contributed by atoms with van der Waals surface area (Å²) in [6, 6.07) is 11.1. The van der Waals surface area contributed by atoms with E-state index in [0.29, 0.717) is 23.2 Å². The zero-order valence-electron chi connectivity index (χ0n) is 13.2. The number of carbonyl (C=O) groups is 2. The molecule has 1 aliphatic rings. The highest BCUT2D eigenvalue weighted by molar-refractivity contribution is 6.26. The van der Waals surface area contributed by atoms with Gasteiger partial charge in [-0.25, -0.2) is 0 Å². The van der Waals surface area contributed by atoms with Gasteiger partial charge >= 0.3 is 0 Å². The van der Waals surface area contributed by atoms with E-state index in [1.165, 1.54) is 4.90 Å². The van der Waals surface area contributed by atoms with Crippen molar-refractivity contribution in [2.24, 2.45) is 0 Å². The van der Waals surface area contributed by atoms with Crippen LogP contribution in [0, 0.1) is 0 Å². The normalized spacial score (nSPS) is 13.6. The maximum absolute atomic E-state index is 13.0. The monoisotopic (exact) mass is 317 g/mol. The molecule has 118 valence electrons. The summed E-state index contributed by atoms with van der Waals surface area (Å²) in [5.74, 6) is -0.512. The van der Waals surface area contributed by atoms with Crippen molar-refractivity contribution in [2.75, 3.05) is 0 Å². The molecule has 5 heteroatoms. The predicted molar refractivity (Wildman–Crippen MR) is 89.6 cm³/mol. The van der Waals surface area contributed by atoms with E-state index in [0.717, 1.165) is 16.5 Å². The van der Waals surface area contributed by atoms with E-state index >= 15 is 0 Å². The molecule has 4 rings (SSSR count). The van der Waals surface area contributed by atoms with Crippen molar-refractivity contribution in [3.05, 3.63) is 71.2 Å². The van der Waals surface area contributed by atoms with Gasteiger partial charge in [-0.1, -0.05) is 25.1 Å². The van der Waals surface area contributed by atoms with Gasteiger partial charge in [-0.3, -0.25) is 24.5 Å². The SMILES string of the molecule is CCc1nc2ccccc2c2c1C(=O)N(Cc1ccncc1)C2=O. The molecular weight excluding hydrogens is 302 g/mol. The van der Waals surface area contributed by atoms with Gasteiger partial charge in [0.2, 0.25) is 0 Å². The highest BCUT2D eigenvalue weighted by Gasteiger charge is 2.39. The molecule has 3 heterocycles. The van der Waals surface area contributed by atoms with E-state index in [1.54, 1.807) is 24.5 Å². The fourth-order valence-electron chi connectivity index (χ4n) is 3.15.